The van der Waals surface area contributed by atoms with E-state index in [4.69, 9.17) is 0 Å². The van der Waals surface area contributed by atoms with Gasteiger partial charge < -0.3 is 0 Å². The number of carbonyl (C=O) groups excluding carboxylic acids is 2. The van der Waals surface area contributed by atoms with E-state index < -0.39 is 36.2 Å². The fourth-order valence-electron chi connectivity index (χ4n) is 1.49. The van der Waals surface area contributed by atoms with Gasteiger partial charge in [-0.15, -0.1) is 0 Å². The van der Waals surface area contributed by atoms with Gasteiger partial charge in [0.1, 0.15) is 0 Å². The normalized spacial score (nSPS) is 11.7. The Balaban J connectivity index is 2.96. The monoisotopic (exact) mass is 280 g/mol. The molecule has 2 nitrogen and oxygen atoms in total. The van der Waals surface area contributed by atoms with Crippen molar-refractivity contribution in [1.29, 1.82) is 0 Å². The molecule has 1 aromatic rings. The number of Topliss-reactive ketones (excluding diaryl/α,β-unsaturated/α-hetero) is 2. The lowest BCUT2D eigenvalue weighted by Crippen LogP contribution is -2.16. The molecule has 1 rings (SSSR count). The number of alkyl halides is 5. The third-order valence-electron chi connectivity index (χ3n) is 2.43. The first kappa shape index (κ1) is 15.3. The summed E-state index contributed by atoms with van der Waals surface area (Å²) in [7, 11) is 0. The van der Waals surface area contributed by atoms with Crippen molar-refractivity contribution in [2.75, 3.05) is 0 Å². The van der Waals surface area contributed by atoms with Crippen molar-refractivity contribution < 1.29 is 31.5 Å². The number of rotatable bonds is 4. The minimum Gasteiger partial charge on any atom is -0.294 e. The Hall–Kier alpha value is -1.79. The Labute approximate surface area is 105 Å². The lowest BCUT2D eigenvalue weighted by atomic mass is 10.00. The van der Waals surface area contributed by atoms with Gasteiger partial charge in [-0.05, 0) is 24.6 Å². The summed E-state index contributed by atoms with van der Waals surface area (Å²) in [6, 6.07) is 2.50. The van der Waals surface area contributed by atoms with Gasteiger partial charge in [0.25, 0.3) is 6.43 Å². The second kappa shape index (κ2) is 5.46. The van der Waals surface area contributed by atoms with Gasteiger partial charge in [-0.25, -0.2) is 8.78 Å². The van der Waals surface area contributed by atoms with Crippen molar-refractivity contribution >= 4 is 11.6 Å². The Kier molecular flexibility index (Phi) is 4.39. The summed E-state index contributed by atoms with van der Waals surface area (Å²) in [6.07, 6.45) is -8.84. The molecule has 0 heterocycles. The maximum Gasteiger partial charge on any atom is 0.416 e. The molecule has 104 valence electrons. The first-order valence-electron chi connectivity index (χ1n) is 5.15. The zero-order valence-corrected chi connectivity index (χ0v) is 9.72. The van der Waals surface area contributed by atoms with Crippen LogP contribution in [0.4, 0.5) is 22.0 Å². The van der Waals surface area contributed by atoms with E-state index in [1.165, 1.54) is 0 Å². The molecule has 1 aromatic carbocycles. The molecule has 0 unspecified atom stereocenters. The van der Waals surface area contributed by atoms with Crippen LogP contribution in [0.5, 0.6) is 0 Å². The summed E-state index contributed by atoms with van der Waals surface area (Å²) < 4.78 is 61.3. The first-order valence-corrected chi connectivity index (χ1v) is 5.15. The molecule has 0 amide bonds. The van der Waals surface area contributed by atoms with Gasteiger partial charge in [-0.3, -0.25) is 9.59 Å². The van der Waals surface area contributed by atoms with Gasteiger partial charge in [-0.2, -0.15) is 13.2 Å². The van der Waals surface area contributed by atoms with E-state index >= 15 is 0 Å². The molecule has 0 aromatic heterocycles. The molecule has 0 aliphatic heterocycles. The fourth-order valence-corrected chi connectivity index (χ4v) is 1.49. The third kappa shape index (κ3) is 3.84. The summed E-state index contributed by atoms with van der Waals surface area (Å²) >= 11 is 0. The highest BCUT2D eigenvalue weighted by molar-refractivity contribution is 6.08. The van der Waals surface area contributed by atoms with Crippen molar-refractivity contribution in [2.45, 2.75) is 25.9 Å². The minimum atomic E-state index is -4.55. The van der Waals surface area contributed by atoms with Crippen LogP contribution >= 0.6 is 0 Å². The standard InChI is InChI=1S/C12H9F5O2/c1-6-4-7(2-3-8(6)12(15,16)17)9(18)5-10(19)11(13)14/h2-4,11H,5H2,1H3. The molecule has 0 bridgehead atoms. The molecule has 0 aliphatic rings. The number of aryl methyl sites for hydroxylation is 1. The molecule has 7 heteroatoms. The second-order valence-corrected chi connectivity index (χ2v) is 3.89. The van der Waals surface area contributed by atoms with Crippen LogP contribution in [0, 0.1) is 6.92 Å². The molecular formula is C12H9F5O2. The van der Waals surface area contributed by atoms with Crippen LogP contribution in [0.1, 0.15) is 27.9 Å². The molecular weight excluding hydrogens is 271 g/mol. The summed E-state index contributed by atoms with van der Waals surface area (Å²) in [5.74, 6) is -2.48. The Morgan fingerprint density at radius 1 is 1.21 bits per heavy atom. The van der Waals surface area contributed by atoms with Crippen LogP contribution in [0.3, 0.4) is 0 Å². The predicted octanol–water partition coefficient (Wildman–Crippen LogP) is 3.42. The average Bonchev–Trinajstić information content (AvgIpc) is 2.26. The summed E-state index contributed by atoms with van der Waals surface area (Å²) in [4.78, 5) is 22.1. The summed E-state index contributed by atoms with van der Waals surface area (Å²) in [5, 5.41) is 0. The summed E-state index contributed by atoms with van der Waals surface area (Å²) in [5.41, 5.74) is -1.31. The van der Waals surface area contributed by atoms with Crippen molar-refractivity contribution in [3.63, 3.8) is 0 Å². The van der Waals surface area contributed by atoms with Gasteiger partial charge in [0.2, 0.25) is 5.78 Å². The Morgan fingerprint density at radius 3 is 2.21 bits per heavy atom. The smallest absolute Gasteiger partial charge is 0.294 e. The second-order valence-electron chi connectivity index (χ2n) is 3.89. The van der Waals surface area contributed by atoms with E-state index in [1.807, 2.05) is 0 Å². The van der Waals surface area contributed by atoms with Gasteiger partial charge in [0.15, 0.2) is 5.78 Å². The quantitative estimate of drug-likeness (QED) is 0.481. The number of benzene rings is 1. The molecule has 19 heavy (non-hydrogen) atoms. The maximum atomic E-state index is 12.5. The first-order chi connectivity index (χ1) is 8.62. The maximum absolute atomic E-state index is 12.5. The molecule has 0 atom stereocenters. The van der Waals surface area contributed by atoms with Gasteiger partial charge >= 0.3 is 6.18 Å². The van der Waals surface area contributed by atoms with Crippen molar-refractivity contribution in [1.82, 2.24) is 0 Å². The zero-order valence-electron chi connectivity index (χ0n) is 9.72. The molecule has 0 saturated carbocycles. The topological polar surface area (TPSA) is 34.1 Å². The van der Waals surface area contributed by atoms with E-state index in [0.29, 0.717) is 6.07 Å². The van der Waals surface area contributed by atoms with Crippen LogP contribution in [-0.4, -0.2) is 18.0 Å². The van der Waals surface area contributed by atoms with Crippen LogP contribution < -0.4 is 0 Å². The minimum absolute atomic E-state index is 0.195. The van der Waals surface area contributed by atoms with E-state index in [-0.39, 0.29) is 11.1 Å². The molecule has 0 N–H and O–H groups in total. The largest absolute Gasteiger partial charge is 0.416 e. The third-order valence-corrected chi connectivity index (χ3v) is 2.43. The highest BCUT2D eigenvalue weighted by Gasteiger charge is 2.32. The zero-order chi connectivity index (χ0) is 14.8. The highest BCUT2D eigenvalue weighted by atomic mass is 19.4. The van der Waals surface area contributed by atoms with Crippen molar-refractivity contribution in [3.8, 4) is 0 Å². The molecule has 0 radical (unpaired) electrons. The Bertz CT molecular complexity index is 505. The average molecular weight is 280 g/mol. The molecule has 0 spiro atoms. The number of hydrogen-bond donors (Lipinski definition) is 0. The predicted molar refractivity (Wildman–Crippen MR) is 56.1 cm³/mol. The lowest BCUT2D eigenvalue weighted by molar-refractivity contribution is -0.138. The molecule has 0 saturated heterocycles. The highest BCUT2D eigenvalue weighted by Crippen LogP contribution is 2.32. The van der Waals surface area contributed by atoms with Gasteiger partial charge in [0.05, 0.1) is 12.0 Å². The van der Waals surface area contributed by atoms with Crippen molar-refractivity contribution in [2.24, 2.45) is 0 Å². The molecule has 0 aliphatic carbocycles. The van der Waals surface area contributed by atoms with Gasteiger partial charge in [0, 0.05) is 5.56 Å². The van der Waals surface area contributed by atoms with Crippen molar-refractivity contribution in [3.05, 3.63) is 34.9 Å². The van der Waals surface area contributed by atoms with E-state index in [2.05, 4.69) is 0 Å². The van der Waals surface area contributed by atoms with Crippen LogP contribution in [0.2, 0.25) is 0 Å². The number of halogens is 5. The number of hydrogen-bond acceptors (Lipinski definition) is 2. The fraction of sp³-hybridized carbons (Fsp3) is 0.333. The van der Waals surface area contributed by atoms with Gasteiger partial charge in [-0.1, -0.05) is 6.07 Å². The Morgan fingerprint density at radius 2 is 1.79 bits per heavy atom. The van der Waals surface area contributed by atoms with E-state index in [1.54, 1.807) is 0 Å². The van der Waals surface area contributed by atoms with Crippen LogP contribution in [0.15, 0.2) is 18.2 Å². The van der Waals surface area contributed by atoms with Crippen LogP contribution in [0.25, 0.3) is 0 Å². The SMILES string of the molecule is Cc1cc(C(=O)CC(=O)C(F)F)ccc1C(F)(F)F. The number of carbonyl (C=O) groups is 2. The number of ketones is 2. The van der Waals surface area contributed by atoms with Crippen LogP contribution in [-0.2, 0) is 11.0 Å². The van der Waals surface area contributed by atoms with E-state index in [9.17, 15) is 31.5 Å². The molecule has 0 fully saturated rings. The van der Waals surface area contributed by atoms with E-state index in [0.717, 1.165) is 19.1 Å². The summed E-state index contributed by atoms with van der Waals surface area (Å²) in [6.45, 7) is 1.15. The lowest BCUT2D eigenvalue weighted by Gasteiger charge is -2.11.